The monoisotopic (exact) mass is 752 g/mol. The molecule has 4 aromatic rings. The molecule has 2 fully saturated rings. The van der Waals surface area contributed by atoms with Crippen LogP contribution in [0.3, 0.4) is 0 Å². The highest BCUT2D eigenvalue weighted by molar-refractivity contribution is 6.23. The van der Waals surface area contributed by atoms with Crippen LogP contribution >= 0.6 is 0 Å². The number of anilines is 1. The van der Waals surface area contributed by atoms with Crippen LogP contribution in [0.5, 0.6) is 5.75 Å². The lowest BCUT2D eigenvalue weighted by molar-refractivity contribution is -0.179. The number of imide groups is 1. The molecule has 2 amide bonds. The van der Waals surface area contributed by atoms with Crippen molar-refractivity contribution in [1.29, 1.82) is 0 Å². The lowest BCUT2D eigenvalue weighted by atomic mass is 9.65. The Bertz CT molecular complexity index is 2260. The summed E-state index contributed by atoms with van der Waals surface area (Å²) in [6, 6.07) is 26.1. The first kappa shape index (κ1) is 36.7. The van der Waals surface area contributed by atoms with Gasteiger partial charge in [0, 0.05) is 12.7 Å². The SMILES string of the molecule is COCCOC(=O)N1C(=O)[C@@]2(c3cc(C#CC4=CCCCC4)ccc31)[C@H](c1ccc(O)cc1)N1[C@H](c3ccccc3)[C@H](c3ccccc3)OC(=O)[C@H]1[C@@H]2C(=O)O. The van der Waals surface area contributed by atoms with Crippen molar-refractivity contribution >= 4 is 29.6 Å². The number of carbonyl (C=O) groups is 4. The number of allylic oxidation sites excluding steroid dienone is 2. The number of hydrogen-bond donors (Lipinski definition) is 2. The van der Waals surface area contributed by atoms with Crippen molar-refractivity contribution in [2.24, 2.45) is 5.92 Å². The summed E-state index contributed by atoms with van der Waals surface area (Å²) >= 11 is 0. The third-order valence-corrected chi connectivity index (χ3v) is 11.3. The number of ether oxygens (including phenoxy) is 3. The minimum absolute atomic E-state index is 0.0527. The van der Waals surface area contributed by atoms with Gasteiger partial charge < -0.3 is 24.4 Å². The Hall–Kier alpha value is -6.22. The lowest BCUT2D eigenvalue weighted by Gasteiger charge is -2.46. The largest absolute Gasteiger partial charge is 0.508 e. The molecule has 2 saturated heterocycles. The van der Waals surface area contributed by atoms with Gasteiger partial charge >= 0.3 is 18.0 Å². The van der Waals surface area contributed by atoms with Crippen LogP contribution in [-0.2, 0) is 34.0 Å². The molecule has 4 aliphatic rings. The zero-order valence-corrected chi connectivity index (χ0v) is 30.7. The summed E-state index contributed by atoms with van der Waals surface area (Å²) in [7, 11) is 1.45. The van der Waals surface area contributed by atoms with E-state index >= 15 is 4.79 Å². The van der Waals surface area contributed by atoms with Crippen LogP contribution in [0.2, 0.25) is 0 Å². The minimum Gasteiger partial charge on any atom is -0.508 e. The van der Waals surface area contributed by atoms with Crippen LogP contribution in [0, 0.1) is 17.8 Å². The number of cyclic esters (lactones) is 1. The number of fused-ring (bicyclic) bond motifs is 3. The number of phenols is 1. The summed E-state index contributed by atoms with van der Waals surface area (Å²) in [5.41, 5.74) is 1.55. The number of carboxylic acid groups (broad SMARTS) is 1. The van der Waals surface area contributed by atoms with Crippen LogP contribution in [0.25, 0.3) is 0 Å². The predicted molar refractivity (Wildman–Crippen MR) is 204 cm³/mol. The molecule has 56 heavy (non-hydrogen) atoms. The number of rotatable bonds is 7. The van der Waals surface area contributed by atoms with Crippen molar-refractivity contribution < 1.29 is 43.6 Å². The number of aliphatic carboxylic acids is 1. The summed E-state index contributed by atoms with van der Waals surface area (Å²) in [4.78, 5) is 61.0. The molecular formula is C45H40N2O9. The van der Waals surface area contributed by atoms with E-state index in [1.807, 2.05) is 60.7 Å². The van der Waals surface area contributed by atoms with Crippen LogP contribution in [0.4, 0.5) is 10.5 Å². The maximum atomic E-state index is 15.6. The third kappa shape index (κ3) is 6.11. The molecule has 4 aromatic carbocycles. The summed E-state index contributed by atoms with van der Waals surface area (Å²) in [5.74, 6) is 1.55. The van der Waals surface area contributed by atoms with Crippen LogP contribution in [0.15, 0.2) is 115 Å². The Morgan fingerprint density at radius 2 is 1.57 bits per heavy atom. The summed E-state index contributed by atoms with van der Waals surface area (Å²) in [6.07, 6.45) is 4.07. The van der Waals surface area contributed by atoms with E-state index in [-0.39, 0.29) is 30.2 Å². The van der Waals surface area contributed by atoms with E-state index in [9.17, 15) is 24.6 Å². The average molecular weight is 753 g/mol. The van der Waals surface area contributed by atoms with Gasteiger partial charge in [-0.15, -0.1) is 0 Å². The molecule has 3 heterocycles. The number of carbonyl (C=O) groups excluding carboxylic acids is 3. The molecule has 0 radical (unpaired) electrons. The number of phenolic OH excluding ortho intramolecular Hbond substituents is 1. The number of amides is 2. The van der Waals surface area contributed by atoms with Crippen LogP contribution in [-0.4, -0.2) is 65.4 Å². The number of carboxylic acids is 1. The molecule has 0 unspecified atom stereocenters. The van der Waals surface area contributed by atoms with E-state index in [0.29, 0.717) is 22.3 Å². The third-order valence-electron chi connectivity index (χ3n) is 11.3. The zero-order chi connectivity index (χ0) is 39.0. The molecule has 11 heteroatoms. The van der Waals surface area contributed by atoms with Crippen molar-refractivity contribution in [3.8, 4) is 17.6 Å². The van der Waals surface area contributed by atoms with E-state index < -0.39 is 59.5 Å². The molecule has 8 rings (SSSR count). The molecule has 1 aliphatic carbocycles. The summed E-state index contributed by atoms with van der Waals surface area (Å²) in [6.45, 7) is -0.106. The highest BCUT2D eigenvalue weighted by Crippen LogP contribution is 2.66. The fraction of sp³-hybridized carbons (Fsp3) is 0.289. The number of aromatic hydroxyl groups is 1. The molecule has 0 bridgehead atoms. The van der Waals surface area contributed by atoms with Gasteiger partial charge in [0.2, 0.25) is 5.91 Å². The minimum atomic E-state index is -2.11. The first-order valence-electron chi connectivity index (χ1n) is 18.7. The maximum absolute atomic E-state index is 15.6. The van der Waals surface area contributed by atoms with Crippen molar-refractivity contribution in [2.75, 3.05) is 25.2 Å². The molecule has 1 spiro atoms. The predicted octanol–water partition coefficient (Wildman–Crippen LogP) is 6.78. The Morgan fingerprint density at radius 3 is 2.23 bits per heavy atom. The van der Waals surface area contributed by atoms with E-state index in [1.165, 1.54) is 19.2 Å². The van der Waals surface area contributed by atoms with E-state index in [1.54, 1.807) is 35.2 Å². The maximum Gasteiger partial charge on any atom is 0.421 e. The van der Waals surface area contributed by atoms with Gasteiger partial charge in [-0.2, -0.15) is 0 Å². The molecule has 284 valence electrons. The molecule has 3 aliphatic heterocycles. The standard InChI is InChI=1S/C45H40N2O9/c1-54-25-26-55-44(53)46-35-24-19-29(18-17-28-11-5-2-6-12-28)27-34(35)45(43(46)52)36(41(49)50)38-42(51)56-39(31-15-9-4-10-16-31)37(30-13-7-3-8-14-30)47(38)40(45)32-20-22-33(48)23-21-32/h3-4,7-11,13-16,19-24,27,36-40,48H,2,5-6,12,25-26H2,1H3,(H,49,50)/t36-,37-,38-,39+,40+,45-/m1/s1. The molecule has 6 atom stereocenters. The van der Waals surface area contributed by atoms with Crippen LogP contribution < -0.4 is 4.90 Å². The lowest BCUT2D eigenvalue weighted by Crippen LogP contribution is -2.53. The fourth-order valence-electron chi connectivity index (χ4n) is 8.98. The Kier molecular flexibility index (Phi) is 9.93. The van der Waals surface area contributed by atoms with E-state index in [0.717, 1.165) is 36.2 Å². The normalized spacial score (nSPS) is 25.4. The average Bonchev–Trinajstić information content (AvgIpc) is 3.68. The summed E-state index contributed by atoms with van der Waals surface area (Å²) in [5, 5.41) is 21.9. The van der Waals surface area contributed by atoms with Crippen molar-refractivity contribution in [3.05, 3.63) is 143 Å². The van der Waals surface area contributed by atoms with Gasteiger partial charge in [0.25, 0.3) is 0 Å². The van der Waals surface area contributed by atoms with Crippen molar-refractivity contribution in [3.63, 3.8) is 0 Å². The zero-order valence-electron chi connectivity index (χ0n) is 30.7. The topological polar surface area (TPSA) is 143 Å². The molecule has 0 saturated carbocycles. The van der Waals surface area contributed by atoms with Gasteiger partial charge in [0.15, 0.2) is 0 Å². The van der Waals surface area contributed by atoms with Crippen molar-refractivity contribution in [1.82, 2.24) is 4.90 Å². The van der Waals surface area contributed by atoms with Gasteiger partial charge in [0.05, 0.1) is 24.4 Å². The van der Waals surface area contributed by atoms with Gasteiger partial charge in [-0.25, -0.2) is 9.69 Å². The first-order valence-corrected chi connectivity index (χ1v) is 18.7. The quantitative estimate of drug-likeness (QED) is 0.118. The smallest absolute Gasteiger partial charge is 0.421 e. The van der Waals surface area contributed by atoms with Gasteiger partial charge in [-0.05, 0) is 83.8 Å². The van der Waals surface area contributed by atoms with E-state index in [4.69, 9.17) is 14.2 Å². The number of morpholine rings is 1. The highest BCUT2D eigenvalue weighted by Gasteiger charge is 2.76. The molecular weight excluding hydrogens is 713 g/mol. The number of benzene rings is 4. The molecule has 11 nitrogen and oxygen atoms in total. The second-order valence-corrected chi connectivity index (χ2v) is 14.4. The molecule has 2 N–H and O–H groups in total. The van der Waals surface area contributed by atoms with Crippen molar-refractivity contribution in [2.45, 2.75) is 55.3 Å². The van der Waals surface area contributed by atoms with Gasteiger partial charge in [0.1, 0.15) is 35.8 Å². The summed E-state index contributed by atoms with van der Waals surface area (Å²) < 4.78 is 16.9. The second kappa shape index (κ2) is 15.1. The van der Waals surface area contributed by atoms with Gasteiger partial charge in [-0.3, -0.25) is 19.3 Å². The number of hydrogen-bond acceptors (Lipinski definition) is 9. The number of esters is 1. The molecule has 0 aromatic heterocycles. The fourth-order valence-corrected chi connectivity index (χ4v) is 8.98. The number of nitrogens with zero attached hydrogens (tertiary/aromatic N) is 2. The first-order chi connectivity index (χ1) is 27.2. The number of methoxy groups -OCH3 is 1. The van der Waals surface area contributed by atoms with E-state index in [2.05, 4.69) is 17.9 Å². The Morgan fingerprint density at radius 1 is 0.857 bits per heavy atom. The second-order valence-electron chi connectivity index (χ2n) is 14.4. The van der Waals surface area contributed by atoms with Crippen LogP contribution in [0.1, 0.15) is 71.7 Å². The Labute approximate surface area is 324 Å². The van der Waals surface area contributed by atoms with Gasteiger partial charge in [-0.1, -0.05) is 90.7 Å². The Balaban J connectivity index is 1.42. The highest BCUT2D eigenvalue weighted by atomic mass is 16.6.